The predicted molar refractivity (Wildman–Crippen MR) is 275 cm³/mol. The van der Waals surface area contributed by atoms with Crippen molar-refractivity contribution in [3.8, 4) is 17.2 Å². The Morgan fingerprint density at radius 2 is 0.571 bits per heavy atom. The zero-order valence-electron chi connectivity index (χ0n) is 40.6. The van der Waals surface area contributed by atoms with Crippen LogP contribution in [0.3, 0.4) is 0 Å². The van der Waals surface area contributed by atoms with Gasteiger partial charge in [-0.15, -0.1) is 0 Å². The van der Waals surface area contributed by atoms with Crippen LogP contribution < -0.4 is 14.2 Å². The van der Waals surface area contributed by atoms with Crippen molar-refractivity contribution in [1.29, 1.82) is 0 Å². The normalized spacial score (nSPS) is 11.5. The van der Waals surface area contributed by atoms with Gasteiger partial charge in [0.2, 0.25) is 5.75 Å². The lowest BCUT2D eigenvalue weighted by molar-refractivity contribution is 0.112. The van der Waals surface area contributed by atoms with Crippen LogP contribution in [0.1, 0.15) is 246 Å². The summed E-state index contributed by atoms with van der Waals surface area (Å²) in [5.74, 6) is 2.39. The minimum absolute atomic E-state index is 0.680. The highest BCUT2D eigenvalue weighted by molar-refractivity contribution is 5.77. The van der Waals surface area contributed by atoms with Gasteiger partial charge in [-0.25, -0.2) is 0 Å². The van der Waals surface area contributed by atoms with Crippen LogP contribution in [0.15, 0.2) is 60.7 Å². The summed E-state index contributed by atoms with van der Waals surface area (Å²) in [5, 5.41) is 0. The van der Waals surface area contributed by atoms with E-state index in [4.69, 9.17) is 14.2 Å². The molecule has 0 aliphatic heterocycles. The van der Waals surface area contributed by atoms with E-state index in [2.05, 4.69) is 81.5 Å². The number of unbranched alkanes of at least 4 members (excludes halogenated alkanes) is 27. The highest BCUT2D eigenvalue weighted by atomic mass is 16.5. The van der Waals surface area contributed by atoms with Crippen LogP contribution in [0.25, 0.3) is 24.3 Å². The number of aldehydes is 1. The maximum Gasteiger partial charge on any atom is 0.203 e. The molecule has 3 rings (SSSR count). The van der Waals surface area contributed by atoms with Crippen molar-refractivity contribution in [3.05, 3.63) is 88.5 Å². The van der Waals surface area contributed by atoms with Crippen molar-refractivity contribution >= 4 is 30.6 Å². The number of hydrogen-bond acceptors (Lipinski definition) is 4. The zero-order valence-corrected chi connectivity index (χ0v) is 40.6. The molecule has 0 radical (unpaired) electrons. The van der Waals surface area contributed by atoms with Crippen molar-refractivity contribution < 1.29 is 19.0 Å². The van der Waals surface area contributed by atoms with Crippen LogP contribution in [0.2, 0.25) is 0 Å². The third-order valence-corrected chi connectivity index (χ3v) is 12.2. The molecule has 0 fully saturated rings. The second-order valence-corrected chi connectivity index (χ2v) is 18.1. The van der Waals surface area contributed by atoms with Gasteiger partial charge in [-0.1, -0.05) is 267 Å². The summed E-state index contributed by atoms with van der Waals surface area (Å²) in [6, 6.07) is 20.5. The Balaban J connectivity index is 1.68. The number of rotatable bonds is 41. The minimum atomic E-state index is 0.680. The van der Waals surface area contributed by atoms with Gasteiger partial charge in [0.05, 0.1) is 19.8 Å². The molecule has 0 saturated carbocycles. The molecule has 0 heterocycles. The fraction of sp³-hybridized carbons (Fsp3) is 0.610. The fourth-order valence-corrected chi connectivity index (χ4v) is 8.15. The third-order valence-electron chi connectivity index (χ3n) is 12.2. The molecule has 4 heteroatoms. The first-order chi connectivity index (χ1) is 31.2. The van der Waals surface area contributed by atoms with E-state index in [0.29, 0.717) is 25.4 Å². The summed E-state index contributed by atoms with van der Waals surface area (Å²) in [7, 11) is 0. The number of hydrogen-bond donors (Lipinski definition) is 0. The highest BCUT2D eigenvalue weighted by Crippen LogP contribution is 2.40. The van der Waals surface area contributed by atoms with Crippen LogP contribution in [0, 0.1) is 0 Å². The number of ether oxygens (including phenoxy) is 3. The van der Waals surface area contributed by atoms with E-state index >= 15 is 0 Å². The maximum absolute atomic E-state index is 11.0. The topological polar surface area (TPSA) is 44.8 Å². The molecule has 350 valence electrons. The Bertz CT molecular complexity index is 1540. The first-order valence-electron chi connectivity index (χ1n) is 26.2. The molecule has 0 aromatic heterocycles. The van der Waals surface area contributed by atoms with Gasteiger partial charge in [0, 0.05) is 5.56 Å². The SMILES string of the molecule is CCCCCCCCCCCCOc1cc(/C=C/c2ccc(/C=C/c3ccc(C=O)cc3)cc2)cc(OCCCCCCCCCCCC)c1OCCCCCCCCCCCC. The maximum atomic E-state index is 11.0. The van der Waals surface area contributed by atoms with Gasteiger partial charge in [-0.05, 0) is 53.6 Å². The lowest BCUT2D eigenvalue weighted by atomic mass is 10.1. The Morgan fingerprint density at radius 3 is 0.873 bits per heavy atom. The van der Waals surface area contributed by atoms with Gasteiger partial charge in [0.25, 0.3) is 0 Å². The molecule has 0 N–H and O–H groups in total. The molecule has 0 aliphatic rings. The van der Waals surface area contributed by atoms with E-state index in [0.717, 1.165) is 65.1 Å². The Hall–Kier alpha value is -3.79. The first kappa shape index (κ1) is 53.5. The van der Waals surface area contributed by atoms with Gasteiger partial charge in [-0.3, -0.25) is 4.79 Å². The van der Waals surface area contributed by atoms with E-state index < -0.39 is 0 Å². The van der Waals surface area contributed by atoms with E-state index in [1.54, 1.807) is 0 Å². The van der Waals surface area contributed by atoms with Gasteiger partial charge in [-0.2, -0.15) is 0 Å². The van der Waals surface area contributed by atoms with E-state index in [1.165, 1.54) is 173 Å². The summed E-state index contributed by atoms with van der Waals surface area (Å²) in [6.45, 7) is 8.92. The average molecular weight is 863 g/mol. The van der Waals surface area contributed by atoms with Gasteiger partial charge in [0.1, 0.15) is 6.29 Å². The molecule has 0 unspecified atom stereocenters. The number of benzene rings is 3. The molecule has 0 saturated heterocycles. The predicted octanol–water partition coefficient (Wildman–Crippen LogP) is 18.7. The second kappa shape index (κ2) is 37.6. The van der Waals surface area contributed by atoms with Gasteiger partial charge in [0.15, 0.2) is 11.5 Å². The van der Waals surface area contributed by atoms with Crippen LogP contribution in [-0.2, 0) is 0 Å². The third kappa shape index (κ3) is 26.6. The number of carbonyl (C=O) groups is 1. The summed E-state index contributed by atoms with van der Waals surface area (Å²) < 4.78 is 19.9. The molecule has 0 bridgehead atoms. The molecule has 63 heavy (non-hydrogen) atoms. The standard InChI is InChI=1S/C59H90O4/c1-4-7-10-13-16-19-22-25-28-31-46-61-57-49-56(45-42-53-37-34-52(35-38-53)36-39-54-40-43-55(51-60)44-41-54)50-58(62-47-32-29-26-23-20-17-14-11-8-5-2)59(57)63-48-33-30-27-24-21-18-15-12-9-6-3/h34-45,49-51H,4-33,46-48H2,1-3H3/b39-36+,45-42+. The van der Waals surface area contributed by atoms with Crippen LogP contribution in [-0.4, -0.2) is 26.1 Å². The molecule has 0 atom stereocenters. The molecule has 3 aromatic carbocycles. The van der Waals surface area contributed by atoms with Gasteiger partial charge < -0.3 is 14.2 Å². The molecule has 0 amide bonds. The Labute approximate surface area is 387 Å². The van der Waals surface area contributed by atoms with Crippen LogP contribution in [0.5, 0.6) is 17.2 Å². The van der Waals surface area contributed by atoms with Crippen LogP contribution >= 0.6 is 0 Å². The summed E-state index contributed by atoms with van der Waals surface area (Å²) >= 11 is 0. The molecule has 3 aromatic rings. The first-order valence-corrected chi connectivity index (χ1v) is 26.2. The Kier molecular flexibility index (Phi) is 31.9. The number of carbonyl (C=O) groups excluding carboxylic acids is 1. The largest absolute Gasteiger partial charge is 0.490 e. The highest BCUT2D eigenvalue weighted by Gasteiger charge is 2.16. The monoisotopic (exact) mass is 863 g/mol. The molecular formula is C59H90O4. The van der Waals surface area contributed by atoms with Crippen LogP contribution in [0.4, 0.5) is 0 Å². The zero-order chi connectivity index (χ0) is 44.7. The summed E-state index contributed by atoms with van der Waals surface area (Å²) in [6.07, 6.45) is 48.5. The van der Waals surface area contributed by atoms with E-state index in [-0.39, 0.29) is 0 Å². The summed E-state index contributed by atoms with van der Waals surface area (Å²) in [5.41, 5.74) is 5.07. The van der Waals surface area contributed by atoms with Gasteiger partial charge >= 0.3 is 0 Å². The Morgan fingerprint density at radius 1 is 0.317 bits per heavy atom. The van der Waals surface area contributed by atoms with E-state index in [9.17, 15) is 4.79 Å². The van der Waals surface area contributed by atoms with Crippen molar-refractivity contribution in [3.63, 3.8) is 0 Å². The lowest BCUT2D eigenvalue weighted by Crippen LogP contribution is -2.07. The molecule has 4 nitrogen and oxygen atoms in total. The minimum Gasteiger partial charge on any atom is -0.490 e. The summed E-state index contributed by atoms with van der Waals surface area (Å²) in [4.78, 5) is 11.0. The smallest absolute Gasteiger partial charge is 0.203 e. The van der Waals surface area contributed by atoms with Crippen molar-refractivity contribution in [1.82, 2.24) is 0 Å². The molecule has 0 aliphatic carbocycles. The molecular weight excluding hydrogens is 773 g/mol. The van der Waals surface area contributed by atoms with Crippen molar-refractivity contribution in [2.24, 2.45) is 0 Å². The second-order valence-electron chi connectivity index (χ2n) is 18.1. The lowest BCUT2D eigenvalue weighted by Gasteiger charge is -2.18. The fourth-order valence-electron chi connectivity index (χ4n) is 8.15. The van der Waals surface area contributed by atoms with Crippen molar-refractivity contribution in [2.45, 2.75) is 213 Å². The van der Waals surface area contributed by atoms with E-state index in [1.807, 2.05) is 24.3 Å². The average Bonchev–Trinajstić information content (AvgIpc) is 3.31. The van der Waals surface area contributed by atoms with Crippen molar-refractivity contribution in [2.75, 3.05) is 19.8 Å². The quantitative estimate of drug-likeness (QED) is 0.0324. The molecule has 0 spiro atoms.